The first kappa shape index (κ1) is 15.1. The van der Waals surface area contributed by atoms with E-state index in [0.29, 0.717) is 0 Å². The maximum atomic E-state index is 9.96. The maximum Gasteiger partial charge on any atom is 0.327 e. The molecule has 0 saturated heterocycles. The summed E-state index contributed by atoms with van der Waals surface area (Å²) in [5.74, 6) is -1.85. The van der Waals surface area contributed by atoms with E-state index in [0.717, 1.165) is 0 Å². The van der Waals surface area contributed by atoms with Crippen molar-refractivity contribution in [3.63, 3.8) is 0 Å². The molecule has 0 aliphatic rings. The molecule has 0 aromatic carbocycles. The van der Waals surface area contributed by atoms with Crippen LogP contribution in [0.1, 0.15) is 20.8 Å². The lowest BCUT2D eigenvalue weighted by atomic mass is 9.96. The van der Waals surface area contributed by atoms with Gasteiger partial charge >= 0.3 is 11.9 Å². The van der Waals surface area contributed by atoms with Crippen molar-refractivity contribution in [1.29, 1.82) is 0 Å². The lowest BCUT2D eigenvalue weighted by Gasteiger charge is -2.09. The predicted octanol–water partition coefficient (Wildman–Crippen LogP) is 0.703. The van der Waals surface area contributed by atoms with Crippen molar-refractivity contribution in [2.45, 2.75) is 20.8 Å². The summed E-state index contributed by atoms with van der Waals surface area (Å²) in [5.41, 5.74) is 4.54. The van der Waals surface area contributed by atoms with Crippen LogP contribution in [0.15, 0.2) is 12.2 Å². The minimum Gasteiger partial charge on any atom is -0.480 e. The normalized spacial score (nSPS) is 10.6. The lowest BCUT2D eigenvalue weighted by molar-refractivity contribution is -0.135. The number of aliphatic carboxylic acids is 2. The summed E-state index contributed by atoms with van der Waals surface area (Å²) in [5, 5.41) is 15.8. The minimum atomic E-state index is -0.968. The number of carboxylic acid groups (broad SMARTS) is 2. The van der Waals surface area contributed by atoms with Crippen molar-refractivity contribution in [2.24, 2.45) is 11.1 Å². The van der Waals surface area contributed by atoms with Crippen LogP contribution < -0.4 is 5.73 Å². The number of carboxylic acids is 2. The van der Waals surface area contributed by atoms with Crippen LogP contribution >= 0.6 is 0 Å². The van der Waals surface area contributed by atoms with Gasteiger partial charge in [0.15, 0.2) is 0 Å². The molecule has 14 heavy (non-hydrogen) atoms. The van der Waals surface area contributed by atoms with Gasteiger partial charge < -0.3 is 15.9 Å². The minimum absolute atomic E-state index is 0.0294. The molecule has 0 saturated carbocycles. The monoisotopic (exact) mass is 203 g/mol. The van der Waals surface area contributed by atoms with Gasteiger partial charge in [-0.15, -0.1) is 0 Å². The molecule has 0 fully saturated rings. The third kappa shape index (κ3) is 22.4. The van der Waals surface area contributed by atoms with E-state index in [2.05, 4.69) is 5.73 Å². The van der Waals surface area contributed by atoms with Gasteiger partial charge in [-0.05, 0) is 5.41 Å². The fourth-order valence-electron chi connectivity index (χ4n) is 0.321. The van der Waals surface area contributed by atoms with Gasteiger partial charge in [-0.1, -0.05) is 26.8 Å². The molecular weight excluding hydrogens is 186 g/mol. The summed E-state index contributed by atoms with van der Waals surface area (Å²) < 4.78 is 0. The molecule has 0 atom stereocenters. The third-order valence-corrected chi connectivity index (χ3v) is 0.901. The lowest BCUT2D eigenvalue weighted by Crippen LogP contribution is -2.10. The first-order valence-corrected chi connectivity index (χ1v) is 4.03. The molecule has 5 heteroatoms. The highest BCUT2D eigenvalue weighted by Gasteiger charge is 2.03. The molecule has 0 spiro atoms. The number of allylic oxidation sites excluding steroid dienone is 1. The zero-order valence-corrected chi connectivity index (χ0v) is 8.65. The Bertz CT molecular complexity index is 215. The Balaban J connectivity index is 0. The van der Waals surface area contributed by atoms with Crippen LogP contribution in [0.25, 0.3) is 0 Å². The molecule has 0 heterocycles. The predicted molar refractivity (Wildman–Crippen MR) is 52.9 cm³/mol. The molecule has 0 amide bonds. The average Bonchev–Trinajstić information content (AvgIpc) is 2.01. The van der Waals surface area contributed by atoms with Crippen LogP contribution in [0.4, 0.5) is 0 Å². The van der Waals surface area contributed by atoms with Crippen LogP contribution in [0.3, 0.4) is 0 Å². The van der Waals surface area contributed by atoms with E-state index in [1.54, 1.807) is 6.08 Å². The molecule has 0 aliphatic carbocycles. The first-order valence-electron chi connectivity index (χ1n) is 4.03. The summed E-state index contributed by atoms with van der Waals surface area (Å²) in [7, 11) is 0. The second kappa shape index (κ2) is 7.08. The molecule has 0 aromatic heterocycles. The van der Waals surface area contributed by atoms with Crippen LogP contribution in [0.2, 0.25) is 0 Å². The number of hydrogen-bond acceptors (Lipinski definition) is 3. The molecule has 0 bridgehead atoms. The number of carbonyl (C=O) groups is 2. The van der Waals surface area contributed by atoms with Crippen LogP contribution in [-0.4, -0.2) is 28.7 Å². The number of rotatable bonds is 2. The fourth-order valence-corrected chi connectivity index (χ4v) is 0.321. The number of nitrogens with two attached hydrogens (primary N) is 1. The van der Waals surface area contributed by atoms with Gasteiger partial charge in [0.2, 0.25) is 0 Å². The molecule has 0 rings (SSSR count). The highest BCUT2D eigenvalue weighted by molar-refractivity contribution is 5.79. The van der Waals surface area contributed by atoms with E-state index in [1.807, 2.05) is 20.8 Å². The van der Waals surface area contributed by atoms with Crippen molar-refractivity contribution in [1.82, 2.24) is 0 Å². The van der Waals surface area contributed by atoms with Crippen LogP contribution in [-0.2, 0) is 9.59 Å². The van der Waals surface area contributed by atoms with Gasteiger partial charge in [-0.3, -0.25) is 4.79 Å². The van der Waals surface area contributed by atoms with Gasteiger partial charge in [0.1, 0.15) is 0 Å². The zero-order valence-electron chi connectivity index (χ0n) is 8.65. The molecular formula is C9H17NO4. The van der Waals surface area contributed by atoms with Gasteiger partial charge in [0, 0.05) is 6.08 Å². The van der Waals surface area contributed by atoms with Gasteiger partial charge in [0.05, 0.1) is 6.54 Å². The molecule has 0 unspecified atom stereocenters. The average molecular weight is 203 g/mol. The van der Waals surface area contributed by atoms with Crippen LogP contribution in [0, 0.1) is 5.41 Å². The largest absolute Gasteiger partial charge is 0.480 e. The topological polar surface area (TPSA) is 101 Å². The Labute approximate surface area is 83.2 Å². The van der Waals surface area contributed by atoms with E-state index >= 15 is 0 Å². The molecule has 5 nitrogen and oxygen atoms in total. The number of hydrogen-bond donors (Lipinski definition) is 3. The SMILES string of the molecule is CC(C)(C)C=CC(=O)O.NCC(=O)O. The summed E-state index contributed by atoms with van der Waals surface area (Å²) in [4.78, 5) is 19.2. The third-order valence-electron chi connectivity index (χ3n) is 0.901. The van der Waals surface area contributed by atoms with E-state index in [-0.39, 0.29) is 12.0 Å². The summed E-state index contributed by atoms with van der Waals surface area (Å²) in [6.07, 6.45) is 2.83. The standard InChI is InChI=1S/C7H12O2.C2H5NO2/c1-7(2,3)5-4-6(8)9;3-1-2(4)5/h4-5H,1-3H3,(H,8,9);1,3H2,(H,4,5). The Morgan fingerprint density at radius 1 is 1.29 bits per heavy atom. The van der Waals surface area contributed by atoms with Gasteiger partial charge in [0.25, 0.3) is 0 Å². The fraction of sp³-hybridized carbons (Fsp3) is 0.556. The molecule has 0 radical (unpaired) electrons. The summed E-state index contributed by atoms with van der Waals surface area (Å²) in [6.45, 7) is 5.57. The Kier molecular flexibility index (Phi) is 7.65. The van der Waals surface area contributed by atoms with Gasteiger partial charge in [-0.25, -0.2) is 4.79 Å². The zero-order chi connectivity index (χ0) is 11.8. The van der Waals surface area contributed by atoms with E-state index in [1.165, 1.54) is 6.08 Å². The molecule has 0 aliphatic heterocycles. The first-order chi connectivity index (χ1) is 6.19. The Morgan fingerprint density at radius 2 is 1.64 bits per heavy atom. The molecule has 82 valence electrons. The summed E-state index contributed by atoms with van der Waals surface area (Å²) >= 11 is 0. The Morgan fingerprint density at radius 3 is 1.71 bits per heavy atom. The second-order valence-electron chi connectivity index (χ2n) is 3.64. The van der Waals surface area contributed by atoms with Crippen LogP contribution in [0.5, 0.6) is 0 Å². The van der Waals surface area contributed by atoms with Crippen molar-refractivity contribution in [2.75, 3.05) is 6.54 Å². The van der Waals surface area contributed by atoms with Crippen molar-refractivity contribution >= 4 is 11.9 Å². The van der Waals surface area contributed by atoms with E-state index in [9.17, 15) is 9.59 Å². The highest BCUT2D eigenvalue weighted by Crippen LogP contribution is 2.13. The van der Waals surface area contributed by atoms with Gasteiger partial charge in [-0.2, -0.15) is 0 Å². The van der Waals surface area contributed by atoms with Crippen molar-refractivity contribution in [3.05, 3.63) is 12.2 Å². The van der Waals surface area contributed by atoms with Crippen molar-refractivity contribution in [3.8, 4) is 0 Å². The highest BCUT2D eigenvalue weighted by atomic mass is 16.4. The molecule has 0 aromatic rings. The smallest absolute Gasteiger partial charge is 0.327 e. The Hall–Kier alpha value is -1.36. The molecule has 4 N–H and O–H groups in total. The van der Waals surface area contributed by atoms with Crippen molar-refractivity contribution < 1.29 is 19.8 Å². The summed E-state index contributed by atoms with van der Waals surface area (Å²) in [6, 6.07) is 0. The van der Waals surface area contributed by atoms with E-state index in [4.69, 9.17) is 10.2 Å². The quantitative estimate of drug-likeness (QED) is 0.573. The second-order valence-corrected chi connectivity index (χ2v) is 3.64. The maximum absolute atomic E-state index is 9.96. The van der Waals surface area contributed by atoms with E-state index < -0.39 is 11.9 Å².